The smallest absolute Gasteiger partial charge is 0.416 e. The Morgan fingerprint density at radius 2 is 1.51 bits per heavy atom. The Morgan fingerprint density at radius 1 is 0.865 bits per heavy atom. The van der Waals surface area contributed by atoms with Gasteiger partial charge in [-0.05, 0) is 54.1 Å². The van der Waals surface area contributed by atoms with E-state index in [1.54, 1.807) is 30.3 Å². The van der Waals surface area contributed by atoms with Crippen molar-refractivity contribution >= 4 is 23.1 Å². The van der Waals surface area contributed by atoms with Gasteiger partial charge in [-0.3, -0.25) is 14.5 Å². The number of benzene rings is 3. The fourth-order valence-electron chi connectivity index (χ4n) is 4.18. The van der Waals surface area contributed by atoms with E-state index in [1.165, 1.54) is 39.5 Å². The topological polar surface area (TPSA) is 85.3 Å². The van der Waals surface area contributed by atoms with E-state index in [1.807, 2.05) is 0 Å². The van der Waals surface area contributed by atoms with Crippen LogP contribution >= 0.6 is 0 Å². The van der Waals surface area contributed by atoms with Crippen molar-refractivity contribution in [1.82, 2.24) is 0 Å². The normalized spacial score (nSPS) is 17.1. The van der Waals surface area contributed by atoms with Gasteiger partial charge in [-0.1, -0.05) is 18.2 Å². The molecule has 1 aliphatic heterocycles. The number of alkyl halides is 3. The monoisotopic (exact) mass is 513 g/mol. The Kier molecular flexibility index (Phi) is 6.84. The maximum Gasteiger partial charge on any atom is 0.416 e. The number of ketones is 1. The molecule has 10 heteroatoms. The van der Waals surface area contributed by atoms with E-state index in [9.17, 15) is 27.9 Å². The molecule has 1 amide bonds. The molecule has 1 heterocycles. The molecule has 3 aromatic carbocycles. The van der Waals surface area contributed by atoms with Crippen LogP contribution in [0.1, 0.15) is 22.7 Å². The zero-order chi connectivity index (χ0) is 26.9. The standard InChI is InChI=1S/C27H22F3NO6/c1-35-18-9-7-15(8-10-18)23-22(24(32)20-14-19(36-2)11-12-21(20)37-3)25(33)26(34)31(23)17-6-4-5-16(13-17)27(28,29)30/h4-14,23,32H,1-3H3/b24-22+. The first-order chi connectivity index (χ1) is 17.6. The summed E-state index contributed by atoms with van der Waals surface area (Å²) in [5.41, 5.74) is -1.04. The number of carbonyl (C=O) groups excluding carboxylic acids is 2. The fourth-order valence-corrected chi connectivity index (χ4v) is 4.18. The molecule has 0 bridgehead atoms. The number of hydrogen-bond acceptors (Lipinski definition) is 6. The Balaban J connectivity index is 1.98. The van der Waals surface area contributed by atoms with Gasteiger partial charge in [0.05, 0.1) is 44.1 Å². The summed E-state index contributed by atoms with van der Waals surface area (Å²) >= 11 is 0. The van der Waals surface area contributed by atoms with Gasteiger partial charge in [-0.15, -0.1) is 0 Å². The highest BCUT2D eigenvalue weighted by atomic mass is 19.4. The lowest BCUT2D eigenvalue weighted by Gasteiger charge is -2.26. The lowest BCUT2D eigenvalue weighted by Crippen LogP contribution is -2.29. The minimum absolute atomic E-state index is 0.0717. The van der Waals surface area contributed by atoms with Gasteiger partial charge < -0.3 is 19.3 Å². The van der Waals surface area contributed by atoms with Crippen molar-refractivity contribution in [2.75, 3.05) is 26.2 Å². The number of anilines is 1. The summed E-state index contributed by atoms with van der Waals surface area (Å²) in [6.07, 6.45) is -4.67. The first-order valence-corrected chi connectivity index (χ1v) is 10.9. The zero-order valence-corrected chi connectivity index (χ0v) is 20.0. The van der Waals surface area contributed by atoms with Gasteiger partial charge in [0.2, 0.25) is 0 Å². The van der Waals surface area contributed by atoms with Gasteiger partial charge in [0.15, 0.2) is 0 Å². The summed E-state index contributed by atoms with van der Waals surface area (Å²) in [5, 5.41) is 11.4. The average Bonchev–Trinajstić information content (AvgIpc) is 3.17. The van der Waals surface area contributed by atoms with Crippen LogP contribution < -0.4 is 19.1 Å². The highest BCUT2D eigenvalue weighted by Crippen LogP contribution is 2.45. The third kappa shape index (κ3) is 4.69. The van der Waals surface area contributed by atoms with Gasteiger partial charge in [-0.2, -0.15) is 13.2 Å². The van der Waals surface area contributed by atoms with Crippen LogP contribution in [0.3, 0.4) is 0 Å². The molecule has 1 N–H and O–H groups in total. The van der Waals surface area contributed by atoms with E-state index >= 15 is 0 Å². The number of rotatable bonds is 6. The molecule has 192 valence electrons. The molecule has 1 saturated heterocycles. The number of aliphatic hydroxyl groups is 1. The van der Waals surface area contributed by atoms with Crippen LogP contribution in [0.2, 0.25) is 0 Å². The molecule has 1 unspecified atom stereocenters. The highest BCUT2D eigenvalue weighted by molar-refractivity contribution is 6.51. The second kappa shape index (κ2) is 9.88. The highest BCUT2D eigenvalue weighted by Gasteiger charge is 2.47. The van der Waals surface area contributed by atoms with E-state index < -0.39 is 35.2 Å². The Morgan fingerprint density at radius 3 is 2.11 bits per heavy atom. The number of halogens is 3. The second-order valence-corrected chi connectivity index (χ2v) is 8.06. The van der Waals surface area contributed by atoms with Gasteiger partial charge >= 0.3 is 6.18 Å². The molecule has 37 heavy (non-hydrogen) atoms. The predicted octanol–water partition coefficient (Wildman–Crippen LogP) is 5.36. The Labute approximate surface area is 210 Å². The first kappa shape index (κ1) is 25.6. The molecule has 1 atom stereocenters. The molecule has 0 radical (unpaired) electrons. The van der Waals surface area contributed by atoms with Crippen LogP contribution in [0.5, 0.6) is 17.2 Å². The molecular formula is C27H22F3NO6. The van der Waals surface area contributed by atoms with E-state index in [0.29, 0.717) is 17.1 Å². The summed E-state index contributed by atoms with van der Waals surface area (Å²) in [5.74, 6) is -1.71. The number of Topliss-reactive ketones (excluding diaryl/α,β-unsaturated/α-hetero) is 1. The van der Waals surface area contributed by atoms with Crippen LogP contribution in [-0.2, 0) is 15.8 Å². The van der Waals surface area contributed by atoms with Crippen molar-refractivity contribution < 1.29 is 42.1 Å². The quantitative estimate of drug-likeness (QED) is 0.272. The predicted molar refractivity (Wildman–Crippen MR) is 129 cm³/mol. The summed E-state index contributed by atoms with van der Waals surface area (Å²) in [6, 6.07) is 13.6. The lowest BCUT2D eigenvalue weighted by molar-refractivity contribution is -0.137. The maximum absolute atomic E-state index is 13.5. The number of amides is 1. The van der Waals surface area contributed by atoms with Crippen LogP contribution in [0.25, 0.3) is 5.76 Å². The third-order valence-electron chi connectivity index (χ3n) is 5.99. The molecular weight excluding hydrogens is 491 g/mol. The zero-order valence-electron chi connectivity index (χ0n) is 20.0. The van der Waals surface area contributed by atoms with Gasteiger partial charge in [0.25, 0.3) is 11.7 Å². The number of methoxy groups -OCH3 is 3. The lowest BCUT2D eigenvalue weighted by atomic mass is 9.94. The van der Waals surface area contributed by atoms with Gasteiger partial charge in [0, 0.05) is 5.69 Å². The van der Waals surface area contributed by atoms with Crippen LogP contribution in [0.15, 0.2) is 72.3 Å². The van der Waals surface area contributed by atoms with E-state index in [-0.39, 0.29) is 22.6 Å². The van der Waals surface area contributed by atoms with Crippen molar-refractivity contribution in [3.8, 4) is 17.2 Å². The molecule has 4 rings (SSSR count). The molecule has 3 aromatic rings. The third-order valence-corrected chi connectivity index (χ3v) is 5.99. The van der Waals surface area contributed by atoms with Crippen molar-refractivity contribution in [2.45, 2.75) is 12.2 Å². The van der Waals surface area contributed by atoms with Gasteiger partial charge in [-0.25, -0.2) is 0 Å². The number of ether oxygens (including phenoxy) is 3. The largest absolute Gasteiger partial charge is 0.507 e. The molecule has 7 nitrogen and oxygen atoms in total. The van der Waals surface area contributed by atoms with Crippen molar-refractivity contribution in [2.24, 2.45) is 0 Å². The Hall–Kier alpha value is -4.47. The number of aliphatic hydroxyl groups excluding tert-OH is 1. The van der Waals surface area contributed by atoms with Gasteiger partial charge in [0.1, 0.15) is 23.0 Å². The second-order valence-electron chi connectivity index (χ2n) is 8.06. The van der Waals surface area contributed by atoms with Crippen LogP contribution in [0.4, 0.5) is 18.9 Å². The van der Waals surface area contributed by atoms with Crippen molar-refractivity contribution in [1.29, 1.82) is 0 Å². The number of nitrogens with zero attached hydrogens (tertiary/aromatic N) is 1. The van der Waals surface area contributed by atoms with E-state index in [2.05, 4.69) is 0 Å². The minimum Gasteiger partial charge on any atom is -0.507 e. The maximum atomic E-state index is 13.5. The van der Waals surface area contributed by atoms with E-state index in [4.69, 9.17) is 14.2 Å². The molecule has 0 spiro atoms. The summed E-state index contributed by atoms with van der Waals surface area (Å²) in [7, 11) is 4.23. The summed E-state index contributed by atoms with van der Waals surface area (Å²) in [4.78, 5) is 27.5. The van der Waals surface area contributed by atoms with Crippen LogP contribution in [0, 0.1) is 0 Å². The van der Waals surface area contributed by atoms with E-state index in [0.717, 1.165) is 23.1 Å². The average molecular weight is 513 g/mol. The molecule has 0 aromatic heterocycles. The molecule has 1 aliphatic rings. The SMILES string of the molecule is COc1ccc(C2/C(=C(\O)c3cc(OC)ccc3OC)C(=O)C(=O)N2c2cccc(C(F)(F)F)c2)cc1. The number of carbonyl (C=O) groups is 2. The summed E-state index contributed by atoms with van der Waals surface area (Å²) < 4.78 is 56.1. The fraction of sp³-hybridized carbons (Fsp3) is 0.185. The number of hydrogen-bond donors (Lipinski definition) is 1. The molecule has 0 aliphatic carbocycles. The molecule has 1 fully saturated rings. The summed E-state index contributed by atoms with van der Waals surface area (Å²) in [6.45, 7) is 0. The van der Waals surface area contributed by atoms with Crippen LogP contribution in [-0.4, -0.2) is 38.1 Å². The minimum atomic E-state index is -4.67. The first-order valence-electron chi connectivity index (χ1n) is 10.9. The van der Waals surface area contributed by atoms with Crippen molar-refractivity contribution in [3.63, 3.8) is 0 Å². The molecule has 0 saturated carbocycles. The van der Waals surface area contributed by atoms with Crippen molar-refractivity contribution in [3.05, 3.63) is 89.0 Å². The Bertz CT molecular complexity index is 1380.